The molecule has 266 valence electrons. The third kappa shape index (κ3) is 5.23. The van der Waals surface area contributed by atoms with E-state index in [2.05, 4.69) is 54.5 Å². The van der Waals surface area contributed by atoms with Gasteiger partial charge in [-0.2, -0.15) is 0 Å². The molecule has 0 aromatic heterocycles. The summed E-state index contributed by atoms with van der Waals surface area (Å²) >= 11 is 0. The molecule has 0 aromatic rings. The minimum atomic E-state index is -0.736. The Morgan fingerprint density at radius 2 is 1.62 bits per heavy atom. The summed E-state index contributed by atoms with van der Waals surface area (Å²) in [6.45, 7) is 19.5. The van der Waals surface area contributed by atoms with Crippen LogP contribution in [0.5, 0.6) is 0 Å². The molecule has 9 aliphatic rings. The van der Waals surface area contributed by atoms with Crippen LogP contribution in [0.4, 0.5) is 0 Å². The van der Waals surface area contributed by atoms with Crippen molar-refractivity contribution in [2.45, 2.75) is 182 Å². The van der Waals surface area contributed by atoms with E-state index in [0.29, 0.717) is 28.6 Å². The molecule has 0 amide bonds. The molecule has 1 spiro atoms. The summed E-state index contributed by atoms with van der Waals surface area (Å²) in [6.07, 6.45) is 21.4. The molecule has 0 unspecified atom stereocenters. The van der Waals surface area contributed by atoms with Gasteiger partial charge in [0.25, 0.3) is 0 Å². The summed E-state index contributed by atoms with van der Waals surface area (Å²) in [5, 5.41) is 0. The third-order valence-electron chi connectivity index (χ3n) is 16.7. The van der Waals surface area contributed by atoms with Gasteiger partial charge in [-0.05, 0) is 136 Å². The molecule has 4 saturated carbocycles. The van der Waals surface area contributed by atoms with E-state index < -0.39 is 17.7 Å². The first-order valence-corrected chi connectivity index (χ1v) is 20.4. The molecular formula is C42H68O5. The molecule has 2 bridgehead atoms. The van der Waals surface area contributed by atoms with Crippen LogP contribution < -0.4 is 0 Å². The van der Waals surface area contributed by atoms with Crippen molar-refractivity contribution in [2.75, 3.05) is 0 Å². The maximum absolute atomic E-state index is 7.05. The minimum absolute atomic E-state index is 0.220. The molecule has 4 aliphatic heterocycles. The maximum Gasteiger partial charge on any atom is 0.201 e. The van der Waals surface area contributed by atoms with Crippen molar-refractivity contribution >= 4 is 0 Å². The van der Waals surface area contributed by atoms with E-state index in [1.165, 1.54) is 64.2 Å². The van der Waals surface area contributed by atoms with E-state index in [9.17, 15) is 0 Å². The highest BCUT2D eigenvalue weighted by atomic mass is 17.3. The number of hydrogen-bond acceptors (Lipinski definition) is 5. The van der Waals surface area contributed by atoms with Crippen molar-refractivity contribution in [1.82, 2.24) is 0 Å². The number of fused-ring (bicyclic) bond motifs is 7. The van der Waals surface area contributed by atoms with Crippen molar-refractivity contribution in [3.8, 4) is 0 Å². The number of rotatable bonds is 7. The summed E-state index contributed by atoms with van der Waals surface area (Å²) in [5.41, 5.74) is 2.08. The second-order valence-corrected chi connectivity index (χ2v) is 19.6. The lowest BCUT2D eigenvalue weighted by molar-refractivity contribution is -0.578. The average Bonchev–Trinajstić information content (AvgIpc) is 3.23. The Balaban J connectivity index is 0.950. The average molecular weight is 653 g/mol. The standard InChI is InChI=1S/C42H68O5/c1-25(2)10-9-11-26(3)32-16-17-35-31-14-13-29-24-30(18-21-39(29,6)36(31)19-22-40(32,35)7)43-37-28(5)34-15-12-27(4)33-20-23-41(8)45-38(44-37)42(33,34)47-46-41/h13,25-28,30-38H,9-12,14-24H2,1-8H3/t26-,27-,28-,30+,31+,32-,33+,34+,35+,36+,37+,38-,39+,40-,41-,42-/m1/s1. The normalized spacial score (nSPS) is 54.1. The van der Waals surface area contributed by atoms with Gasteiger partial charge >= 0.3 is 0 Å². The van der Waals surface area contributed by atoms with Crippen LogP contribution in [0, 0.1) is 70.0 Å². The molecule has 0 N–H and O–H groups in total. The van der Waals surface area contributed by atoms with Gasteiger partial charge in [-0.25, -0.2) is 9.78 Å². The largest absolute Gasteiger partial charge is 0.349 e. The minimum Gasteiger partial charge on any atom is -0.349 e. The van der Waals surface area contributed by atoms with E-state index in [-0.39, 0.29) is 18.3 Å². The van der Waals surface area contributed by atoms with Crippen molar-refractivity contribution in [3.05, 3.63) is 11.6 Å². The monoisotopic (exact) mass is 653 g/mol. The molecule has 4 heterocycles. The molecule has 16 atom stereocenters. The summed E-state index contributed by atoms with van der Waals surface area (Å²) in [6, 6.07) is 0. The Morgan fingerprint density at radius 1 is 0.830 bits per heavy atom. The van der Waals surface area contributed by atoms with Crippen molar-refractivity contribution < 1.29 is 24.0 Å². The van der Waals surface area contributed by atoms with E-state index in [1.807, 2.05) is 6.92 Å². The summed E-state index contributed by atoms with van der Waals surface area (Å²) in [4.78, 5) is 12.4. The Kier molecular flexibility index (Phi) is 8.64. The van der Waals surface area contributed by atoms with Crippen LogP contribution in [0.15, 0.2) is 11.6 Å². The van der Waals surface area contributed by atoms with Gasteiger partial charge < -0.3 is 14.2 Å². The van der Waals surface area contributed by atoms with Gasteiger partial charge in [0.2, 0.25) is 5.79 Å². The quantitative estimate of drug-likeness (QED) is 0.202. The predicted octanol–water partition coefficient (Wildman–Crippen LogP) is 10.6. The van der Waals surface area contributed by atoms with Crippen LogP contribution >= 0.6 is 0 Å². The molecule has 9 rings (SSSR count). The lowest BCUT2D eigenvalue weighted by Gasteiger charge is -2.61. The summed E-state index contributed by atoms with van der Waals surface area (Å²) in [5.74, 6) is 6.08. The van der Waals surface area contributed by atoms with Gasteiger partial charge in [0.05, 0.1) is 6.10 Å². The molecule has 5 aliphatic carbocycles. The Hall–Kier alpha value is -0.460. The molecule has 4 saturated heterocycles. The fraction of sp³-hybridized carbons (Fsp3) is 0.952. The topological polar surface area (TPSA) is 46.2 Å². The predicted molar refractivity (Wildman–Crippen MR) is 185 cm³/mol. The zero-order valence-corrected chi connectivity index (χ0v) is 31.2. The Bertz CT molecular complexity index is 1200. The highest BCUT2D eigenvalue weighted by Gasteiger charge is 2.70. The van der Waals surface area contributed by atoms with Crippen LogP contribution in [-0.4, -0.2) is 30.1 Å². The van der Waals surface area contributed by atoms with E-state index >= 15 is 0 Å². The second kappa shape index (κ2) is 12.1. The van der Waals surface area contributed by atoms with E-state index in [1.54, 1.807) is 5.57 Å². The van der Waals surface area contributed by atoms with Crippen LogP contribution in [-0.2, 0) is 24.0 Å². The van der Waals surface area contributed by atoms with Crippen molar-refractivity contribution in [2.24, 2.45) is 70.0 Å². The molecule has 5 nitrogen and oxygen atoms in total. The first-order valence-electron chi connectivity index (χ1n) is 20.4. The zero-order valence-electron chi connectivity index (χ0n) is 31.2. The second-order valence-electron chi connectivity index (χ2n) is 19.6. The van der Waals surface area contributed by atoms with Gasteiger partial charge in [-0.3, -0.25) is 0 Å². The third-order valence-corrected chi connectivity index (χ3v) is 16.7. The highest BCUT2D eigenvalue weighted by Crippen LogP contribution is 2.68. The summed E-state index contributed by atoms with van der Waals surface area (Å²) < 4.78 is 20.6. The number of allylic oxidation sites excluding steroid dienone is 1. The van der Waals surface area contributed by atoms with Crippen molar-refractivity contribution in [3.63, 3.8) is 0 Å². The fourth-order valence-electron chi connectivity index (χ4n) is 14.0. The van der Waals surface area contributed by atoms with Gasteiger partial charge in [-0.15, -0.1) is 0 Å². The SMILES string of the molecule is CC(C)CCC[C@@H](C)[C@H]1CC[C@H]2[C@@H]3CC=C4C[C@@H](O[C@H]5O[C@@H]6O[C@@]7(C)CC[C@H]8[C@H](C)CC[C@@H]([C@H]5C)[C@@]68OO7)CC[C@]4(C)[C@H]3CC[C@]12C. The Morgan fingerprint density at radius 3 is 2.43 bits per heavy atom. The first kappa shape index (κ1) is 33.7. The molecule has 8 fully saturated rings. The van der Waals surface area contributed by atoms with Crippen LogP contribution in [0.1, 0.15) is 152 Å². The van der Waals surface area contributed by atoms with Crippen LogP contribution in [0.25, 0.3) is 0 Å². The lowest BCUT2D eigenvalue weighted by atomic mass is 9.47. The van der Waals surface area contributed by atoms with Crippen molar-refractivity contribution in [1.29, 1.82) is 0 Å². The molecular weight excluding hydrogens is 584 g/mol. The number of ether oxygens (including phenoxy) is 3. The van der Waals surface area contributed by atoms with Crippen LogP contribution in [0.3, 0.4) is 0 Å². The van der Waals surface area contributed by atoms with Gasteiger partial charge in [-0.1, -0.05) is 79.4 Å². The molecule has 5 heteroatoms. The molecule has 0 radical (unpaired) electrons. The van der Waals surface area contributed by atoms with Gasteiger partial charge in [0.1, 0.15) is 0 Å². The van der Waals surface area contributed by atoms with Gasteiger partial charge in [0.15, 0.2) is 18.2 Å². The lowest BCUT2D eigenvalue weighted by Crippen LogP contribution is -2.70. The van der Waals surface area contributed by atoms with E-state index in [4.69, 9.17) is 24.0 Å². The first-order chi connectivity index (χ1) is 22.4. The highest BCUT2D eigenvalue weighted by molar-refractivity contribution is 5.25. The smallest absolute Gasteiger partial charge is 0.201 e. The Labute approximate surface area is 286 Å². The van der Waals surface area contributed by atoms with Crippen LogP contribution in [0.2, 0.25) is 0 Å². The molecule has 0 aromatic carbocycles. The molecule has 47 heavy (non-hydrogen) atoms. The fourth-order valence-corrected chi connectivity index (χ4v) is 14.0. The number of hydrogen-bond donors (Lipinski definition) is 0. The zero-order chi connectivity index (χ0) is 32.9. The summed E-state index contributed by atoms with van der Waals surface area (Å²) in [7, 11) is 0. The maximum atomic E-state index is 7.05. The van der Waals surface area contributed by atoms with Gasteiger partial charge in [0, 0.05) is 18.3 Å². The van der Waals surface area contributed by atoms with E-state index in [0.717, 1.165) is 67.6 Å².